The van der Waals surface area contributed by atoms with Gasteiger partial charge in [0, 0.05) is 20.8 Å². The molecule has 0 bridgehead atoms. The Bertz CT molecular complexity index is 450. The third kappa shape index (κ3) is 4.42. The molecular weight excluding hydrogens is 318 g/mol. The third-order valence-corrected chi connectivity index (χ3v) is 3.71. The summed E-state index contributed by atoms with van der Waals surface area (Å²) in [5.41, 5.74) is -0.000856. The number of carbonyl (C=O) groups is 2. The molecule has 0 radical (unpaired) electrons. The number of Topliss-reactive ketones (excluding diaryl/α,β-unsaturated/α-hetero) is 1. The topological polar surface area (TPSA) is 55.4 Å². The molecule has 18 heavy (non-hydrogen) atoms. The summed E-state index contributed by atoms with van der Waals surface area (Å²) in [5.74, 6) is -0.144. The lowest BCUT2D eigenvalue weighted by Crippen LogP contribution is -2.41. The second kappa shape index (κ2) is 5.84. The summed E-state index contributed by atoms with van der Waals surface area (Å²) in [6, 6.07) is -0.620. The molecule has 1 atom stereocenters. The van der Waals surface area contributed by atoms with Gasteiger partial charge in [-0.1, -0.05) is 0 Å². The maximum atomic E-state index is 12.0. The summed E-state index contributed by atoms with van der Waals surface area (Å²) in [7, 11) is 0. The number of alkyl carbamates (subject to hydrolysis) is 1. The number of ether oxygens (including phenoxy) is 1. The molecule has 0 saturated heterocycles. The Balaban J connectivity index is 2.61. The zero-order valence-electron chi connectivity index (χ0n) is 10.7. The number of thiophene rings is 1. The lowest BCUT2D eigenvalue weighted by atomic mass is 10.1. The summed E-state index contributed by atoms with van der Waals surface area (Å²) in [4.78, 5) is 23.6. The van der Waals surface area contributed by atoms with E-state index in [0.29, 0.717) is 5.56 Å². The fourth-order valence-electron chi connectivity index (χ4n) is 1.24. The first kappa shape index (κ1) is 15.2. The molecule has 100 valence electrons. The lowest BCUT2D eigenvalue weighted by molar-refractivity contribution is 0.0497. The number of amides is 1. The van der Waals surface area contributed by atoms with E-state index in [4.69, 9.17) is 4.74 Å². The van der Waals surface area contributed by atoms with E-state index in [1.54, 1.807) is 33.1 Å². The predicted octanol–water partition coefficient (Wildman–Crippen LogP) is 3.61. The molecular formula is C12H16BrNO3S. The van der Waals surface area contributed by atoms with Crippen molar-refractivity contribution in [2.75, 3.05) is 0 Å². The molecule has 0 aromatic carbocycles. The standard InChI is InChI=1S/C12H16BrNO3S/c1-7(14-11(16)17-12(2,3)4)10(15)8-5-18-6-9(8)13/h5-7H,1-4H3,(H,14,16)/t7-/m0/s1. The van der Waals surface area contributed by atoms with Crippen LogP contribution in [0.4, 0.5) is 4.79 Å². The van der Waals surface area contributed by atoms with Crippen molar-refractivity contribution in [3.8, 4) is 0 Å². The number of ketones is 1. The second-order valence-corrected chi connectivity index (χ2v) is 6.46. The van der Waals surface area contributed by atoms with E-state index in [1.165, 1.54) is 11.3 Å². The van der Waals surface area contributed by atoms with Gasteiger partial charge in [-0.25, -0.2) is 4.79 Å². The number of nitrogens with one attached hydrogen (secondary N) is 1. The SMILES string of the molecule is C[C@H](NC(=O)OC(C)(C)C)C(=O)c1cscc1Br. The van der Waals surface area contributed by atoms with Crippen molar-refractivity contribution in [3.63, 3.8) is 0 Å². The van der Waals surface area contributed by atoms with Crippen LogP contribution >= 0.6 is 27.3 Å². The lowest BCUT2D eigenvalue weighted by Gasteiger charge is -2.21. The van der Waals surface area contributed by atoms with E-state index in [-0.39, 0.29) is 5.78 Å². The van der Waals surface area contributed by atoms with Gasteiger partial charge in [0.15, 0.2) is 5.78 Å². The van der Waals surface area contributed by atoms with Crippen LogP contribution in [0.25, 0.3) is 0 Å². The van der Waals surface area contributed by atoms with E-state index in [1.807, 2.05) is 5.38 Å². The highest BCUT2D eigenvalue weighted by atomic mass is 79.9. The first-order valence-corrected chi connectivity index (χ1v) is 7.19. The van der Waals surface area contributed by atoms with Gasteiger partial charge in [-0.05, 0) is 43.6 Å². The van der Waals surface area contributed by atoms with Crippen LogP contribution < -0.4 is 5.32 Å². The van der Waals surface area contributed by atoms with E-state index in [2.05, 4.69) is 21.2 Å². The van der Waals surface area contributed by atoms with Crippen LogP contribution in [0, 0.1) is 0 Å². The third-order valence-electron chi connectivity index (χ3n) is 2.01. The van der Waals surface area contributed by atoms with Gasteiger partial charge in [0.2, 0.25) is 0 Å². The monoisotopic (exact) mass is 333 g/mol. The molecule has 1 aromatic rings. The fourth-order valence-corrected chi connectivity index (χ4v) is 2.72. The normalized spacial score (nSPS) is 12.9. The van der Waals surface area contributed by atoms with Crippen molar-refractivity contribution < 1.29 is 14.3 Å². The minimum absolute atomic E-state index is 0.144. The minimum atomic E-state index is -0.620. The molecule has 1 N–H and O–H groups in total. The Morgan fingerprint density at radius 1 is 1.39 bits per heavy atom. The molecule has 0 unspecified atom stereocenters. The van der Waals surface area contributed by atoms with Crippen molar-refractivity contribution in [1.29, 1.82) is 0 Å². The fraction of sp³-hybridized carbons (Fsp3) is 0.500. The van der Waals surface area contributed by atoms with Gasteiger partial charge in [0.1, 0.15) is 5.60 Å². The van der Waals surface area contributed by atoms with Crippen molar-refractivity contribution in [3.05, 3.63) is 20.8 Å². The smallest absolute Gasteiger partial charge is 0.408 e. The van der Waals surface area contributed by atoms with Crippen LogP contribution in [0.5, 0.6) is 0 Å². The minimum Gasteiger partial charge on any atom is -0.444 e. The summed E-state index contributed by atoms with van der Waals surface area (Å²) in [6.45, 7) is 6.95. The van der Waals surface area contributed by atoms with Crippen molar-refractivity contribution in [1.82, 2.24) is 5.32 Å². The highest BCUT2D eigenvalue weighted by Gasteiger charge is 2.23. The van der Waals surface area contributed by atoms with E-state index < -0.39 is 17.7 Å². The Morgan fingerprint density at radius 2 is 2.00 bits per heavy atom. The highest BCUT2D eigenvalue weighted by molar-refractivity contribution is 9.10. The van der Waals surface area contributed by atoms with Crippen LogP contribution in [0.15, 0.2) is 15.2 Å². The van der Waals surface area contributed by atoms with Gasteiger partial charge in [-0.15, -0.1) is 0 Å². The Labute approximate surface area is 119 Å². The maximum Gasteiger partial charge on any atom is 0.408 e. The number of halogens is 1. The Kier molecular flexibility index (Phi) is 4.92. The molecule has 1 aromatic heterocycles. The molecule has 4 nitrogen and oxygen atoms in total. The first-order chi connectivity index (χ1) is 8.20. The maximum absolute atomic E-state index is 12.0. The Hall–Kier alpha value is -0.880. The van der Waals surface area contributed by atoms with Gasteiger partial charge in [0.05, 0.1) is 6.04 Å². The van der Waals surface area contributed by atoms with Gasteiger partial charge in [-0.3, -0.25) is 4.79 Å². The van der Waals surface area contributed by atoms with E-state index in [0.717, 1.165) is 4.47 Å². The highest BCUT2D eigenvalue weighted by Crippen LogP contribution is 2.22. The molecule has 0 spiro atoms. The average molecular weight is 334 g/mol. The molecule has 0 aliphatic heterocycles. The van der Waals surface area contributed by atoms with Crippen LogP contribution in [0.1, 0.15) is 38.1 Å². The van der Waals surface area contributed by atoms with Crippen LogP contribution in [-0.2, 0) is 4.74 Å². The predicted molar refractivity (Wildman–Crippen MR) is 75.2 cm³/mol. The van der Waals surface area contributed by atoms with Crippen molar-refractivity contribution in [2.45, 2.75) is 39.3 Å². The largest absolute Gasteiger partial charge is 0.444 e. The van der Waals surface area contributed by atoms with Gasteiger partial charge in [-0.2, -0.15) is 11.3 Å². The quantitative estimate of drug-likeness (QED) is 0.859. The summed E-state index contributed by atoms with van der Waals surface area (Å²) < 4.78 is 5.84. The number of hydrogen-bond donors (Lipinski definition) is 1. The van der Waals surface area contributed by atoms with Crippen LogP contribution in [0.2, 0.25) is 0 Å². The molecule has 1 heterocycles. The average Bonchev–Trinajstić information content (AvgIpc) is 2.60. The Morgan fingerprint density at radius 3 is 2.44 bits per heavy atom. The summed E-state index contributed by atoms with van der Waals surface area (Å²) in [5, 5.41) is 6.10. The molecule has 0 saturated carbocycles. The van der Waals surface area contributed by atoms with E-state index >= 15 is 0 Å². The van der Waals surface area contributed by atoms with Crippen molar-refractivity contribution in [2.24, 2.45) is 0 Å². The van der Waals surface area contributed by atoms with Gasteiger partial charge in [0.25, 0.3) is 0 Å². The molecule has 0 aliphatic carbocycles. The first-order valence-electron chi connectivity index (χ1n) is 5.46. The van der Waals surface area contributed by atoms with Crippen LogP contribution in [-0.4, -0.2) is 23.5 Å². The second-order valence-electron chi connectivity index (χ2n) is 4.87. The molecule has 6 heteroatoms. The van der Waals surface area contributed by atoms with Gasteiger partial charge >= 0.3 is 6.09 Å². The summed E-state index contributed by atoms with van der Waals surface area (Å²) >= 11 is 4.73. The number of hydrogen-bond acceptors (Lipinski definition) is 4. The zero-order chi connectivity index (χ0) is 13.9. The molecule has 0 aliphatic rings. The van der Waals surface area contributed by atoms with Gasteiger partial charge < -0.3 is 10.1 Å². The van der Waals surface area contributed by atoms with Crippen LogP contribution in [0.3, 0.4) is 0 Å². The molecule has 0 fully saturated rings. The van der Waals surface area contributed by atoms with Crippen molar-refractivity contribution >= 4 is 39.1 Å². The van der Waals surface area contributed by atoms with E-state index in [9.17, 15) is 9.59 Å². The zero-order valence-corrected chi connectivity index (χ0v) is 13.1. The number of rotatable bonds is 3. The number of carbonyl (C=O) groups excluding carboxylic acids is 2. The molecule has 1 rings (SSSR count). The summed E-state index contributed by atoms with van der Waals surface area (Å²) in [6.07, 6.45) is -0.588. The molecule has 1 amide bonds.